The van der Waals surface area contributed by atoms with Gasteiger partial charge in [-0.2, -0.15) is 0 Å². The van der Waals surface area contributed by atoms with Gasteiger partial charge in [-0.25, -0.2) is 0 Å². The molecule has 4 nitrogen and oxygen atoms in total. The van der Waals surface area contributed by atoms with Gasteiger partial charge >= 0.3 is 29.6 Å². The van der Waals surface area contributed by atoms with Crippen molar-refractivity contribution in [2.45, 2.75) is 6.92 Å². The summed E-state index contributed by atoms with van der Waals surface area (Å²) in [5, 5.41) is 14.2. The molecule has 0 aliphatic carbocycles. The first-order valence-corrected chi connectivity index (χ1v) is 1.36. The third-order valence-corrected chi connectivity index (χ3v) is 0. The number of carboxylic acids is 1. The van der Waals surface area contributed by atoms with E-state index in [4.69, 9.17) is 19.8 Å². The first-order chi connectivity index (χ1) is 3.15. The third kappa shape index (κ3) is 40300. The second-order valence-electron chi connectivity index (χ2n) is 0.610. The Hall–Kier alpha value is -0.0600. The van der Waals surface area contributed by atoms with Gasteiger partial charge in [0.05, 0.1) is 0 Å². The summed E-state index contributed by atoms with van der Waals surface area (Å²) in [5.74, 6) is -0.833. The van der Waals surface area contributed by atoms with E-state index in [-0.39, 0.29) is 29.6 Å². The second kappa shape index (κ2) is 15.8. The molecule has 0 unspecified atom stereocenters. The monoisotopic (exact) mass is 128 g/mol. The maximum atomic E-state index is 9.00. The number of carboxylic acid groups (broad SMARTS) is 1. The van der Waals surface area contributed by atoms with E-state index in [1.165, 1.54) is 0 Å². The summed E-state index contributed by atoms with van der Waals surface area (Å²) in [7, 11) is 0. The molecule has 0 amide bonds. The minimum atomic E-state index is -0.833. The predicted octanol–water partition coefficient (Wildman–Crippen LogP) is -3.29. The zero-order valence-electron chi connectivity index (χ0n) is 4.71. The van der Waals surface area contributed by atoms with Gasteiger partial charge in [0.2, 0.25) is 0 Å². The molecule has 0 aliphatic rings. The topological polar surface area (TPSA) is 74.6 Å². The van der Waals surface area contributed by atoms with Crippen molar-refractivity contribution in [3.8, 4) is 0 Å². The first-order valence-electron chi connectivity index (χ1n) is 1.36. The van der Waals surface area contributed by atoms with Crippen LogP contribution in [-0.4, -0.2) is 22.7 Å². The molecule has 0 aliphatic heterocycles. The Kier molecular flexibility index (Phi) is 30.9. The van der Waals surface area contributed by atoms with Crippen LogP contribution in [-0.2, 0) is 9.59 Å². The normalized spacial score (nSPS) is 4.62. The molecular formula is C3H5NaO4. The smallest absolute Gasteiger partial charge is 0.665 e. The fourth-order valence-corrected chi connectivity index (χ4v) is 0. The molecule has 8 heavy (non-hydrogen) atoms. The second-order valence-corrected chi connectivity index (χ2v) is 0.610. The molecule has 5 heteroatoms. The van der Waals surface area contributed by atoms with Gasteiger partial charge in [-0.3, -0.25) is 4.79 Å². The number of rotatable bonds is 0. The van der Waals surface area contributed by atoms with Gasteiger partial charge in [0.1, 0.15) is 0 Å². The Morgan fingerprint density at radius 1 is 1.62 bits per heavy atom. The average Bonchev–Trinajstić information content (AvgIpc) is 1.33. The third-order valence-electron chi connectivity index (χ3n) is 0. The molecule has 0 spiro atoms. The number of hydrogen-bond donors (Lipinski definition) is 2. The molecule has 0 bridgehead atoms. The zero-order valence-corrected chi connectivity index (χ0v) is 6.71. The summed E-state index contributed by atoms with van der Waals surface area (Å²) >= 11 is 0. The fourth-order valence-electron chi connectivity index (χ4n) is 0. The molecular weight excluding hydrogens is 123 g/mol. The summed E-state index contributed by atoms with van der Waals surface area (Å²) in [4.78, 5) is 17.2. The van der Waals surface area contributed by atoms with E-state index in [1.54, 1.807) is 0 Å². The molecule has 0 aromatic rings. The van der Waals surface area contributed by atoms with Crippen LogP contribution in [0, 0.1) is 0 Å². The summed E-state index contributed by atoms with van der Waals surface area (Å²) < 4.78 is 0. The van der Waals surface area contributed by atoms with Crippen molar-refractivity contribution in [1.29, 1.82) is 0 Å². The van der Waals surface area contributed by atoms with Crippen molar-refractivity contribution < 1.29 is 49.4 Å². The summed E-state index contributed by atoms with van der Waals surface area (Å²) in [6.07, 6.45) is 0. The van der Waals surface area contributed by atoms with Crippen molar-refractivity contribution in [3.63, 3.8) is 0 Å². The molecule has 42 valence electrons. The van der Waals surface area contributed by atoms with E-state index in [1.807, 2.05) is 0 Å². The minimum absolute atomic E-state index is 0. The van der Waals surface area contributed by atoms with E-state index in [9.17, 15) is 0 Å². The van der Waals surface area contributed by atoms with E-state index in [2.05, 4.69) is 0 Å². The molecule has 0 saturated carbocycles. The summed E-state index contributed by atoms with van der Waals surface area (Å²) in [6, 6.07) is 0. The standard InChI is InChI=1S/C2H4O2.CHO2.Na/c1-2(3)4;2-1-3;/h1H3,(H,3,4);(H,2,3);/q;-1;+1. The van der Waals surface area contributed by atoms with Crippen LogP contribution < -0.4 is 29.6 Å². The van der Waals surface area contributed by atoms with Crippen LogP contribution in [0.2, 0.25) is 0 Å². The van der Waals surface area contributed by atoms with Crippen molar-refractivity contribution in [3.05, 3.63) is 0 Å². The van der Waals surface area contributed by atoms with Crippen LogP contribution in [0.3, 0.4) is 0 Å². The predicted molar refractivity (Wildman–Crippen MR) is 21.6 cm³/mol. The molecule has 0 radical (unpaired) electrons. The quantitative estimate of drug-likeness (QED) is 0.265. The van der Waals surface area contributed by atoms with Gasteiger partial charge in [-0.15, -0.1) is 0 Å². The number of aliphatic hydroxyl groups excluding tert-OH is 1. The van der Waals surface area contributed by atoms with Gasteiger partial charge in [0.15, 0.2) is 0 Å². The molecule has 0 saturated heterocycles. The number of hydrogen-bond acceptors (Lipinski definition) is 2. The zero-order chi connectivity index (χ0) is 6.28. The van der Waals surface area contributed by atoms with Gasteiger partial charge in [0, 0.05) is 6.92 Å². The van der Waals surface area contributed by atoms with Crippen LogP contribution in [0.15, 0.2) is 0 Å². The van der Waals surface area contributed by atoms with E-state index >= 15 is 0 Å². The minimum Gasteiger partial charge on any atom is -0.665 e. The van der Waals surface area contributed by atoms with Gasteiger partial charge in [-0.05, 0) is 0 Å². The Labute approximate surface area is 68.8 Å². The Morgan fingerprint density at radius 3 is 1.62 bits per heavy atom. The molecule has 0 rings (SSSR count). The SMILES string of the molecule is CC(=O)O.O=[C-]O.[Na+]. The molecule has 0 fully saturated rings. The van der Waals surface area contributed by atoms with Gasteiger partial charge < -0.3 is 15.0 Å². The van der Waals surface area contributed by atoms with Crippen LogP contribution in [0.5, 0.6) is 0 Å². The molecule has 2 N–H and O–H groups in total. The Morgan fingerprint density at radius 2 is 1.62 bits per heavy atom. The van der Waals surface area contributed by atoms with Crippen LogP contribution in [0.25, 0.3) is 0 Å². The van der Waals surface area contributed by atoms with Crippen LogP contribution in [0.1, 0.15) is 6.92 Å². The maximum absolute atomic E-state index is 9.00. The molecule has 0 aromatic carbocycles. The largest absolute Gasteiger partial charge is 1.00 e. The number of aliphatic carboxylic acids is 1. The van der Waals surface area contributed by atoms with Crippen molar-refractivity contribution >= 4 is 12.4 Å². The number of carbonyl (C=O) groups is 1. The fraction of sp³-hybridized carbons (Fsp3) is 0.333. The van der Waals surface area contributed by atoms with Crippen LogP contribution >= 0.6 is 0 Å². The van der Waals surface area contributed by atoms with Crippen LogP contribution in [0.4, 0.5) is 0 Å². The summed E-state index contributed by atoms with van der Waals surface area (Å²) in [6.45, 7) is 1.58. The van der Waals surface area contributed by atoms with Crippen molar-refractivity contribution in [2.75, 3.05) is 0 Å². The van der Waals surface area contributed by atoms with Crippen molar-refractivity contribution in [2.24, 2.45) is 0 Å². The molecule has 0 atom stereocenters. The Bertz CT molecular complexity index is 58.3. The Balaban J connectivity index is -0.0000000575. The maximum Gasteiger partial charge on any atom is 1.00 e. The van der Waals surface area contributed by atoms with Gasteiger partial charge in [0.25, 0.3) is 5.97 Å². The molecule has 0 heterocycles. The average molecular weight is 128 g/mol. The van der Waals surface area contributed by atoms with E-state index in [0.29, 0.717) is 6.47 Å². The van der Waals surface area contributed by atoms with E-state index in [0.717, 1.165) is 6.92 Å². The van der Waals surface area contributed by atoms with Crippen molar-refractivity contribution in [1.82, 2.24) is 0 Å². The molecule has 0 aromatic heterocycles. The first kappa shape index (κ1) is 15.7. The van der Waals surface area contributed by atoms with Gasteiger partial charge in [-0.1, -0.05) is 6.47 Å². The summed E-state index contributed by atoms with van der Waals surface area (Å²) in [5.41, 5.74) is 0. The van der Waals surface area contributed by atoms with E-state index < -0.39 is 5.97 Å².